The third-order valence-electron chi connectivity index (χ3n) is 2.59. The van der Waals surface area contributed by atoms with Gasteiger partial charge in [-0.25, -0.2) is 0 Å². The Bertz CT molecular complexity index is 292. The summed E-state index contributed by atoms with van der Waals surface area (Å²) in [6.45, 7) is 13.6. The minimum atomic E-state index is 0. The van der Waals surface area contributed by atoms with Gasteiger partial charge in [-0.2, -0.15) is 0 Å². The number of rotatable bonds is 0. The summed E-state index contributed by atoms with van der Waals surface area (Å²) in [6, 6.07) is 8.94. The fraction of sp³-hybridized carbons (Fsp3) is 0.571. The molecule has 0 N–H and O–H groups in total. The summed E-state index contributed by atoms with van der Waals surface area (Å²) in [6.07, 6.45) is 0. The Balaban J connectivity index is -0.000000653. The van der Waals surface area contributed by atoms with E-state index in [2.05, 4.69) is 65.8 Å². The Morgan fingerprint density at radius 1 is 0.706 bits per heavy atom. The Hall–Kier alpha value is 0.946. The van der Waals surface area contributed by atoms with Crippen LogP contribution in [0.5, 0.6) is 0 Å². The molecule has 1 aromatic carbocycles. The maximum absolute atomic E-state index is 2.33. The number of halogens is 2. The van der Waals surface area contributed by atoms with Crippen LogP contribution in [0, 0.1) is 0 Å². The second kappa shape index (κ2) is 8.18. The topological polar surface area (TPSA) is 0 Å². The summed E-state index contributed by atoms with van der Waals surface area (Å²) in [5.41, 5.74) is 3.34. The molecule has 1 aromatic rings. The number of hydrogen-bond donors (Lipinski definition) is 0. The maximum Gasteiger partial charge on any atom is 2.00 e. The fourth-order valence-corrected chi connectivity index (χ4v) is 1.45. The summed E-state index contributed by atoms with van der Waals surface area (Å²) in [5, 5.41) is 0. The van der Waals surface area contributed by atoms with Crippen molar-refractivity contribution in [1.29, 1.82) is 0 Å². The van der Waals surface area contributed by atoms with Gasteiger partial charge >= 0.3 is 23.1 Å². The summed E-state index contributed by atoms with van der Waals surface area (Å²) in [5.74, 6) is 0. The zero-order chi connectivity index (χ0) is 11.0. The molecule has 0 nitrogen and oxygen atoms in total. The first-order valence-electron chi connectivity index (χ1n) is 5.32. The first-order valence-corrected chi connectivity index (χ1v) is 5.32. The van der Waals surface area contributed by atoms with Gasteiger partial charge in [-0.1, -0.05) is 65.8 Å². The third kappa shape index (κ3) is 7.19. The minimum Gasteiger partial charge on any atom is -1.00 e. The molecule has 0 aliphatic heterocycles. The number of hydrogen-bond acceptors (Lipinski definition) is 0. The van der Waals surface area contributed by atoms with Crippen molar-refractivity contribution < 1.29 is 34.0 Å². The van der Waals surface area contributed by atoms with Crippen molar-refractivity contribution >= 4 is 23.1 Å². The van der Waals surface area contributed by atoms with Gasteiger partial charge in [0.25, 0.3) is 0 Å². The molecule has 0 spiro atoms. The van der Waals surface area contributed by atoms with Gasteiger partial charge < -0.3 is 34.0 Å². The molecule has 0 saturated heterocycles. The van der Waals surface area contributed by atoms with Crippen molar-refractivity contribution in [2.45, 2.75) is 52.4 Å². The van der Waals surface area contributed by atoms with Crippen LogP contribution in [0.15, 0.2) is 24.3 Å². The SMILES string of the molecule is CC(C)(C)c1cccc(C(C)(C)C)c1.[Br-].[Br-].[Mg+2]. The predicted octanol–water partition coefficient (Wildman–Crippen LogP) is -2.09. The molecule has 17 heavy (non-hydrogen) atoms. The molecule has 0 aromatic heterocycles. The zero-order valence-electron chi connectivity index (χ0n) is 11.8. The predicted molar refractivity (Wildman–Crippen MR) is 69.6 cm³/mol. The van der Waals surface area contributed by atoms with Crippen molar-refractivity contribution in [3.63, 3.8) is 0 Å². The van der Waals surface area contributed by atoms with E-state index in [0.717, 1.165) is 0 Å². The summed E-state index contributed by atoms with van der Waals surface area (Å²) in [7, 11) is 0. The quantitative estimate of drug-likeness (QED) is 0.457. The average Bonchev–Trinajstić information content (AvgIpc) is 2.01. The van der Waals surface area contributed by atoms with E-state index in [1.165, 1.54) is 11.1 Å². The average molecular weight is 374 g/mol. The molecule has 0 amide bonds. The second-order valence-corrected chi connectivity index (χ2v) is 6.08. The molecule has 0 fully saturated rings. The van der Waals surface area contributed by atoms with Crippen molar-refractivity contribution in [2.75, 3.05) is 0 Å². The molecule has 0 aliphatic rings. The Morgan fingerprint density at radius 2 is 1.00 bits per heavy atom. The van der Waals surface area contributed by atoms with Gasteiger partial charge in [0.2, 0.25) is 0 Å². The fourth-order valence-electron chi connectivity index (χ4n) is 1.45. The van der Waals surface area contributed by atoms with Crippen molar-refractivity contribution in [3.05, 3.63) is 35.4 Å². The molecule has 0 aliphatic carbocycles. The van der Waals surface area contributed by atoms with E-state index in [9.17, 15) is 0 Å². The van der Waals surface area contributed by atoms with Gasteiger partial charge in [0.15, 0.2) is 0 Å². The van der Waals surface area contributed by atoms with Crippen molar-refractivity contribution in [3.8, 4) is 0 Å². The summed E-state index contributed by atoms with van der Waals surface area (Å²) in [4.78, 5) is 0. The van der Waals surface area contributed by atoms with E-state index in [1.807, 2.05) is 0 Å². The minimum absolute atomic E-state index is 0. The summed E-state index contributed by atoms with van der Waals surface area (Å²) >= 11 is 0. The molecule has 0 unspecified atom stereocenters. The van der Waals surface area contributed by atoms with E-state index in [0.29, 0.717) is 0 Å². The zero-order valence-corrected chi connectivity index (χ0v) is 16.4. The molecule has 0 bridgehead atoms. The largest absolute Gasteiger partial charge is 2.00 e. The van der Waals surface area contributed by atoms with Crippen LogP contribution in [-0.4, -0.2) is 23.1 Å². The molecular formula is C14H22Br2Mg. The van der Waals surface area contributed by atoms with Gasteiger partial charge in [-0.05, 0) is 22.0 Å². The standard InChI is InChI=1S/C14H22.2BrH.Mg/c1-13(2,3)11-8-7-9-12(10-11)14(4,5)6;;;/h7-10H,1-6H3;2*1H;/q;;;+2/p-2. The van der Waals surface area contributed by atoms with Gasteiger partial charge in [0.1, 0.15) is 0 Å². The van der Waals surface area contributed by atoms with Crippen molar-refractivity contribution in [1.82, 2.24) is 0 Å². The maximum atomic E-state index is 2.33. The Labute approximate surface area is 144 Å². The first kappa shape index (κ1) is 23.1. The Kier molecular flexibility index (Phi) is 11.1. The molecule has 1 rings (SSSR count). The van der Waals surface area contributed by atoms with E-state index >= 15 is 0 Å². The molecular weight excluding hydrogens is 352 g/mol. The van der Waals surface area contributed by atoms with Gasteiger partial charge in [0.05, 0.1) is 0 Å². The molecule has 94 valence electrons. The van der Waals surface area contributed by atoms with Gasteiger partial charge in [-0.15, -0.1) is 0 Å². The van der Waals surface area contributed by atoms with E-state index in [-0.39, 0.29) is 67.8 Å². The second-order valence-electron chi connectivity index (χ2n) is 6.08. The van der Waals surface area contributed by atoms with Crippen LogP contribution in [0.3, 0.4) is 0 Å². The van der Waals surface area contributed by atoms with Crippen LogP contribution in [0.4, 0.5) is 0 Å². The van der Waals surface area contributed by atoms with Crippen LogP contribution in [0.25, 0.3) is 0 Å². The van der Waals surface area contributed by atoms with Crippen LogP contribution in [0.1, 0.15) is 52.7 Å². The normalized spacial score (nSPS) is 10.7. The molecule has 0 saturated carbocycles. The Morgan fingerprint density at radius 3 is 1.24 bits per heavy atom. The smallest absolute Gasteiger partial charge is 1.00 e. The van der Waals surface area contributed by atoms with E-state index < -0.39 is 0 Å². The van der Waals surface area contributed by atoms with Crippen LogP contribution in [-0.2, 0) is 10.8 Å². The van der Waals surface area contributed by atoms with E-state index in [1.54, 1.807) is 0 Å². The van der Waals surface area contributed by atoms with Crippen molar-refractivity contribution in [2.24, 2.45) is 0 Å². The molecule has 3 heteroatoms. The van der Waals surface area contributed by atoms with Crippen LogP contribution >= 0.6 is 0 Å². The molecule has 0 radical (unpaired) electrons. The van der Waals surface area contributed by atoms with Gasteiger partial charge in [0, 0.05) is 0 Å². The molecule has 0 atom stereocenters. The first-order chi connectivity index (χ1) is 6.21. The number of benzene rings is 1. The summed E-state index contributed by atoms with van der Waals surface area (Å²) < 4.78 is 0. The molecule has 0 heterocycles. The van der Waals surface area contributed by atoms with E-state index in [4.69, 9.17) is 0 Å². The monoisotopic (exact) mass is 372 g/mol. The third-order valence-corrected chi connectivity index (χ3v) is 2.59. The van der Waals surface area contributed by atoms with Gasteiger partial charge in [-0.3, -0.25) is 0 Å². The van der Waals surface area contributed by atoms with Crippen LogP contribution in [0.2, 0.25) is 0 Å². The van der Waals surface area contributed by atoms with Crippen LogP contribution < -0.4 is 34.0 Å².